The number of amides is 1. The van der Waals surface area contributed by atoms with Crippen LogP contribution in [0.2, 0.25) is 0 Å². The molecule has 0 spiro atoms. The van der Waals surface area contributed by atoms with Crippen LogP contribution in [0.1, 0.15) is 23.1 Å². The van der Waals surface area contributed by atoms with E-state index in [1.54, 1.807) is 36.4 Å². The van der Waals surface area contributed by atoms with E-state index in [4.69, 9.17) is 20.5 Å². The summed E-state index contributed by atoms with van der Waals surface area (Å²) in [5, 5.41) is 8.97. The highest BCUT2D eigenvalue weighted by Crippen LogP contribution is 2.33. The molecule has 3 rings (SSSR count). The van der Waals surface area contributed by atoms with Crippen LogP contribution in [-0.2, 0) is 11.2 Å². The van der Waals surface area contributed by atoms with Gasteiger partial charge in [0, 0.05) is 12.0 Å². The van der Waals surface area contributed by atoms with Crippen molar-refractivity contribution in [2.75, 3.05) is 0 Å². The Morgan fingerprint density at radius 3 is 2.27 bits per heavy atom. The summed E-state index contributed by atoms with van der Waals surface area (Å²) in [5.74, 6) is -2.90. The standard InChI is InChI=1S/C22H17F2N3O3/c1-13-19(23)21(29-16-6-2-4-14(10-16)8-9-18(26)28)27-22(20(13)24)30-17-7-3-5-15(11-17)12-25/h2-7,10-11H,8-9H2,1H3,(H2,26,28). The van der Waals surface area contributed by atoms with Gasteiger partial charge in [0.2, 0.25) is 5.91 Å². The molecular formula is C22H17F2N3O3. The molecule has 0 atom stereocenters. The molecular weight excluding hydrogens is 392 g/mol. The number of hydrogen-bond acceptors (Lipinski definition) is 5. The quantitative estimate of drug-likeness (QED) is 0.618. The van der Waals surface area contributed by atoms with Crippen molar-refractivity contribution in [3.63, 3.8) is 0 Å². The Morgan fingerprint density at radius 1 is 1.07 bits per heavy atom. The summed E-state index contributed by atoms with van der Waals surface area (Å²) < 4.78 is 40.0. The van der Waals surface area contributed by atoms with Crippen molar-refractivity contribution < 1.29 is 23.0 Å². The SMILES string of the molecule is Cc1c(F)c(Oc2cccc(C#N)c2)nc(Oc2cccc(CCC(N)=O)c2)c1F. The van der Waals surface area contributed by atoms with Crippen molar-refractivity contribution in [3.05, 3.63) is 76.9 Å². The van der Waals surface area contributed by atoms with Crippen molar-refractivity contribution in [2.45, 2.75) is 19.8 Å². The predicted octanol–water partition coefficient (Wildman–Crippen LogP) is 4.54. The lowest BCUT2D eigenvalue weighted by molar-refractivity contribution is -0.117. The van der Waals surface area contributed by atoms with E-state index < -0.39 is 29.3 Å². The third kappa shape index (κ3) is 4.89. The van der Waals surface area contributed by atoms with E-state index in [0.717, 1.165) is 5.56 Å². The van der Waals surface area contributed by atoms with Gasteiger partial charge in [-0.05, 0) is 49.2 Å². The van der Waals surface area contributed by atoms with Crippen LogP contribution in [0.15, 0.2) is 48.5 Å². The molecule has 0 radical (unpaired) electrons. The molecule has 0 fully saturated rings. The van der Waals surface area contributed by atoms with Gasteiger partial charge in [0.1, 0.15) is 11.5 Å². The number of benzene rings is 2. The zero-order valence-electron chi connectivity index (χ0n) is 16.0. The van der Waals surface area contributed by atoms with Gasteiger partial charge in [-0.1, -0.05) is 18.2 Å². The molecule has 2 aromatic carbocycles. The zero-order chi connectivity index (χ0) is 21.7. The Balaban J connectivity index is 1.89. The molecule has 6 nitrogen and oxygen atoms in total. The molecule has 0 aliphatic carbocycles. The summed E-state index contributed by atoms with van der Waals surface area (Å²) in [6, 6.07) is 14.6. The predicted molar refractivity (Wildman–Crippen MR) is 104 cm³/mol. The Kier molecular flexibility index (Phi) is 6.23. The molecule has 3 aromatic rings. The Morgan fingerprint density at radius 2 is 1.67 bits per heavy atom. The average molecular weight is 409 g/mol. The maximum atomic E-state index is 14.6. The third-order valence-corrected chi connectivity index (χ3v) is 4.19. The molecule has 2 N–H and O–H groups in total. The number of rotatable bonds is 7. The topological polar surface area (TPSA) is 98.2 Å². The molecule has 0 saturated carbocycles. The molecule has 30 heavy (non-hydrogen) atoms. The Bertz CT molecular complexity index is 1140. The summed E-state index contributed by atoms with van der Waals surface area (Å²) in [6.45, 7) is 1.24. The molecule has 1 aromatic heterocycles. The van der Waals surface area contributed by atoms with Crippen LogP contribution in [0.3, 0.4) is 0 Å². The van der Waals surface area contributed by atoms with Crippen LogP contribution in [0.25, 0.3) is 0 Å². The second-order valence-electron chi connectivity index (χ2n) is 6.43. The van der Waals surface area contributed by atoms with Crippen molar-refractivity contribution in [3.8, 4) is 29.3 Å². The van der Waals surface area contributed by atoms with Gasteiger partial charge >= 0.3 is 0 Å². The van der Waals surface area contributed by atoms with Gasteiger partial charge < -0.3 is 15.2 Å². The number of aryl methyl sites for hydroxylation is 1. The first kappa shape index (κ1) is 20.7. The summed E-state index contributed by atoms with van der Waals surface area (Å²) in [5.41, 5.74) is 5.91. The van der Waals surface area contributed by atoms with E-state index in [1.807, 2.05) is 6.07 Å². The largest absolute Gasteiger partial charge is 0.436 e. The van der Waals surface area contributed by atoms with E-state index >= 15 is 0 Å². The number of nitrogens with zero attached hydrogens (tertiary/aromatic N) is 2. The van der Waals surface area contributed by atoms with Gasteiger partial charge in [-0.3, -0.25) is 4.79 Å². The van der Waals surface area contributed by atoms with E-state index in [9.17, 15) is 13.6 Å². The van der Waals surface area contributed by atoms with Gasteiger partial charge in [-0.15, -0.1) is 0 Å². The number of halogens is 2. The Hall–Kier alpha value is -3.99. The van der Waals surface area contributed by atoms with Gasteiger partial charge in [0.25, 0.3) is 11.8 Å². The fourth-order valence-corrected chi connectivity index (χ4v) is 2.63. The first-order valence-corrected chi connectivity index (χ1v) is 8.96. The minimum absolute atomic E-state index is 0.158. The number of carbonyl (C=O) groups is 1. The van der Waals surface area contributed by atoms with Crippen LogP contribution < -0.4 is 15.2 Å². The minimum Gasteiger partial charge on any atom is -0.436 e. The summed E-state index contributed by atoms with van der Waals surface area (Å²) in [4.78, 5) is 14.8. The molecule has 1 amide bonds. The number of primary amides is 1. The van der Waals surface area contributed by atoms with Crippen LogP contribution >= 0.6 is 0 Å². The number of nitriles is 1. The highest BCUT2D eigenvalue weighted by Gasteiger charge is 2.21. The van der Waals surface area contributed by atoms with Crippen LogP contribution in [0.4, 0.5) is 8.78 Å². The molecule has 1 heterocycles. The highest BCUT2D eigenvalue weighted by atomic mass is 19.1. The Labute approximate surface area is 171 Å². The highest BCUT2D eigenvalue weighted by molar-refractivity contribution is 5.74. The number of ether oxygens (including phenoxy) is 2. The lowest BCUT2D eigenvalue weighted by Crippen LogP contribution is -2.11. The van der Waals surface area contributed by atoms with Gasteiger partial charge in [0.15, 0.2) is 11.6 Å². The number of aromatic nitrogens is 1. The maximum Gasteiger partial charge on any atom is 0.259 e. The minimum atomic E-state index is -0.975. The van der Waals surface area contributed by atoms with Gasteiger partial charge in [-0.25, -0.2) is 8.78 Å². The molecule has 0 aliphatic heterocycles. The lowest BCUT2D eigenvalue weighted by Gasteiger charge is -2.13. The molecule has 0 bridgehead atoms. The number of carbonyl (C=O) groups excluding carboxylic acids is 1. The molecule has 0 aliphatic rings. The van der Waals surface area contributed by atoms with Crippen LogP contribution in [-0.4, -0.2) is 10.9 Å². The summed E-state index contributed by atoms with van der Waals surface area (Å²) in [6.07, 6.45) is 0.556. The smallest absolute Gasteiger partial charge is 0.259 e. The van der Waals surface area contributed by atoms with E-state index in [-0.39, 0.29) is 23.5 Å². The number of hydrogen-bond donors (Lipinski definition) is 1. The van der Waals surface area contributed by atoms with Crippen LogP contribution in [0.5, 0.6) is 23.3 Å². The van der Waals surface area contributed by atoms with Crippen molar-refractivity contribution in [1.29, 1.82) is 5.26 Å². The number of nitrogens with two attached hydrogens (primary N) is 1. The fourth-order valence-electron chi connectivity index (χ4n) is 2.63. The van der Waals surface area contributed by atoms with Crippen molar-refractivity contribution in [2.24, 2.45) is 5.73 Å². The van der Waals surface area contributed by atoms with Crippen molar-refractivity contribution >= 4 is 5.91 Å². The number of pyridine rings is 1. The van der Waals surface area contributed by atoms with E-state index in [2.05, 4.69) is 4.98 Å². The van der Waals surface area contributed by atoms with Crippen LogP contribution in [0, 0.1) is 29.9 Å². The maximum absolute atomic E-state index is 14.6. The fraction of sp³-hybridized carbons (Fsp3) is 0.136. The third-order valence-electron chi connectivity index (χ3n) is 4.19. The second kappa shape index (κ2) is 9.01. The average Bonchev–Trinajstić information content (AvgIpc) is 2.74. The molecule has 0 unspecified atom stereocenters. The molecule has 8 heteroatoms. The second-order valence-corrected chi connectivity index (χ2v) is 6.43. The normalized spacial score (nSPS) is 10.3. The lowest BCUT2D eigenvalue weighted by atomic mass is 10.1. The van der Waals surface area contributed by atoms with Crippen molar-refractivity contribution in [1.82, 2.24) is 4.98 Å². The zero-order valence-corrected chi connectivity index (χ0v) is 16.0. The monoisotopic (exact) mass is 409 g/mol. The van der Waals surface area contributed by atoms with E-state index in [0.29, 0.717) is 12.0 Å². The molecule has 152 valence electrons. The first-order chi connectivity index (χ1) is 14.4. The van der Waals surface area contributed by atoms with Gasteiger partial charge in [-0.2, -0.15) is 10.2 Å². The summed E-state index contributed by atoms with van der Waals surface area (Å²) >= 11 is 0. The molecule has 0 saturated heterocycles. The first-order valence-electron chi connectivity index (χ1n) is 8.96. The summed E-state index contributed by atoms with van der Waals surface area (Å²) in [7, 11) is 0. The van der Waals surface area contributed by atoms with Gasteiger partial charge in [0.05, 0.1) is 11.6 Å². The van der Waals surface area contributed by atoms with E-state index in [1.165, 1.54) is 19.1 Å².